The van der Waals surface area contributed by atoms with E-state index in [9.17, 15) is 17.6 Å². The maximum Gasteiger partial charge on any atom is 0.401 e. The number of morpholine rings is 1. The second kappa shape index (κ2) is 9.30. The standard InChI is InChI=1S/C20H28F4N4O/c1-14-10-28(12-18(29-14)16-3-5-17(21)6-4-16)19(25-2)26-9-15-7-8-27(11-15)13-20(22,23)24/h3-6,14-15,18H,7-13H2,1-2H3,(H,25,26). The van der Waals surface area contributed by atoms with Crippen molar-refractivity contribution < 1.29 is 22.3 Å². The van der Waals surface area contributed by atoms with Gasteiger partial charge in [-0.3, -0.25) is 9.89 Å². The van der Waals surface area contributed by atoms with Gasteiger partial charge < -0.3 is 15.0 Å². The summed E-state index contributed by atoms with van der Waals surface area (Å²) in [5.74, 6) is 0.574. The van der Waals surface area contributed by atoms with Gasteiger partial charge in [-0.2, -0.15) is 13.2 Å². The maximum atomic E-state index is 13.2. The molecular weight excluding hydrogens is 388 g/mol. The number of guanidine groups is 1. The normalized spacial score (nSPS) is 26.8. The van der Waals surface area contributed by atoms with Crippen molar-refractivity contribution in [2.24, 2.45) is 10.9 Å². The van der Waals surface area contributed by atoms with Crippen molar-refractivity contribution in [3.8, 4) is 0 Å². The van der Waals surface area contributed by atoms with Crippen molar-refractivity contribution in [1.82, 2.24) is 15.1 Å². The maximum absolute atomic E-state index is 13.2. The summed E-state index contributed by atoms with van der Waals surface area (Å²) < 4.78 is 56.9. The number of nitrogens with one attached hydrogen (secondary N) is 1. The second-order valence-corrected chi connectivity index (χ2v) is 7.82. The zero-order chi connectivity index (χ0) is 21.0. The molecule has 0 bridgehead atoms. The van der Waals surface area contributed by atoms with Crippen molar-refractivity contribution in [3.05, 3.63) is 35.6 Å². The van der Waals surface area contributed by atoms with Crippen LogP contribution in [0.1, 0.15) is 25.0 Å². The number of aliphatic imine (C=N–C) groups is 1. The summed E-state index contributed by atoms with van der Waals surface area (Å²) >= 11 is 0. The van der Waals surface area contributed by atoms with E-state index < -0.39 is 12.7 Å². The third-order valence-corrected chi connectivity index (χ3v) is 5.34. The van der Waals surface area contributed by atoms with E-state index in [0.717, 1.165) is 12.0 Å². The Morgan fingerprint density at radius 1 is 1.21 bits per heavy atom. The summed E-state index contributed by atoms with van der Waals surface area (Å²) in [5, 5.41) is 3.32. The van der Waals surface area contributed by atoms with Gasteiger partial charge in [0.15, 0.2) is 5.96 Å². The van der Waals surface area contributed by atoms with E-state index in [1.54, 1.807) is 19.2 Å². The lowest BCUT2D eigenvalue weighted by molar-refractivity contribution is -0.143. The number of alkyl halides is 3. The first-order valence-electron chi connectivity index (χ1n) is 9.89. The van der Waals surface area contributed by atoms with Crippen LogP contribution in [-0.4, -0.2) is 74.4 Å². The Labute approximate surface area is 168 Å². The zero-order valence-corrected chi connectivity index (χ0v) is 16.8. The van der Waals surface area contributed by atoms with Crippen LogP contribution in [0, 0.1) is 11.7 Å². The molecule has 29 heavy (non-hydrogen) atoms. The van der Waals surface area contributed by atoms with Crippen LogP contribution in [0.5, 0.6) is 0 Å². The highest BCUT2D eigenvalue weighted by atomic mass is 19.4. The Morgan fingerprint density at radius 2 is 1.93 bits per heavy atom. The molecule has 1 N–H and O–H groups in total. The van der Waals surface area contributed by atoms with Gasteiger partial charge >= 0.3 is 6.18 Å². The predicted octanol–water partition coefficient (Wildman–Crippen LogP) is 3.05. The summed E-state index contributed by atoms with van der Waals surface area (Å²) in [5.41, 5.74) is 0.900. The molecule has 5 nitrogen and oxygen atoms in total. The van der Waals surface area contributed by atoms with E-state index in [2.05, 4.69) is 15.2 Å². The summed E-state index contributed by atoms with van der Waals surface area (Å²) in [7, 11) is 1.69. The molecular formula is C20H28F4N4O. The average Bonchev–Trinajstić information content (AvgIpc) is 3.08. The van der Waals surface area contributed by atoms with E-state index in [-0.39, 0.29) is 23.9 Å². The van der Waals surface area contributed by atoms with Crippen LogP contribution >= 0.6 is 0 Å². The quantitative estimate of drug-likeness (QED) is 0.465. The first-order chi connectivity index (χ1) is 13.7. The molecule has 0 saturated carbocycles. The lowest BCUT2D eigenvalue weighted by atomic mass is 10.1. The smallest absolute Gasteiger partial charge is 0.367 e. The molecule has 9 heteroatoms. The number of ether oxygens (including phenoxy) is 1. The topological polar surface area (TPSA) is 40.1 Å². The number of hydrogen-bond donors (Lipinski definition) is 1. The molecule has 2 aliphatic heterocycles. The SMILES string of the molecule is CN=C(NCC1CCN(CC(F)(F)F)C1)N1CC(C)OC(c2ccc(F)cc2)C1. The summed E-state index contributed by atoms with van der Waals surface area (Å²) in [6.45, 7) is 3.82. The molecule has 0 aromatic heterocycles. The molecule has 0 amide bonds. The third-order valence-electron chi connectivity index (χ3n) is 5.34. The molecule has 3 unspecified atom stereocenters. The number of halogens is 4. The molecule has 0 spiro atoms. The Morgan fingerprint density at radius 3 is 2.59 bits per heavy atom. The van der Waals surface area contributed by atoms with Gasteiger partial charge in [0, 0.05) is 26.7 Å². The molecule has 3 atom stereocenters. The molecule has 0 radical (unpaired) electrons. The predicted molar refractivity (Wildman–Crippen MR) is 103 cm³/mol. The molecule has 2 saturated heterocycles. The van der Waals surface area contributed by atoms with Gasteiger partial charge in [0.05, 0.1) is 19.2 Å². The lowest BCUT2D eigenvalue weighted by Gasteiger charge is -2.39. The van der Waals surface area contributed by atoms with Crippen LogP contribution < -0.4 is 5.32 Å². The van der Waals surface area contributed by atoms with Gasteiger partial charge in [0.25, 0.3) is 0 Å². The number of rotatable bonds is 4. The molecule has 1 aromatic carbocycles. The fraction of sp³-hybridized carbons (Fsp3) is 0.650. The third kappa shape index (κ3) is 6.30. The van der Waals surface area contributed by atoms with Crippen molar-refractivity contribution in [2.45, 2.75) is 31.7 Å². The van der Waals surface area contributed by atoms with E-state index >= 15 is 0 Å². The average molecular weight is 416 g/mol. The molecule has 2 fully saturated rings. The molecule has 0 aliphatic carbocycles. The highest BCUT2D eigenvalue weighted by molar-refractivity contribution is 5.80. The lowest BCUT2D eigenvalue weighted by Crippen LogP contribution is -2.51. The van der Waals surface area contributed by atoms with Crippen LogP contribution in [0.4, 0.5) is 17.6 Å². The molecule has 1 aromatic rings. The minimum absolute atomic E-state index is 0.0360. The van der Waals surface area contributed by atoms with Gasteiger partial charge in [-0.05, 0) is 43.5 Å². The van der Waals surface area contributed by atoms with Gasteiger partial charge in [-0.15, -0.1) is 0 Å². The Balaban J connectivity index is 1.55. The summed E-state index contributed by atoms with van der Waals surface area (Å²) in [6.07, 6.45) is -3.66. The van der Waals surface area contributed by atoms with Gasteiger partial charge in [0.1, 0.15) is 11.9 Å². The summed E-state index contributed by atoms with van der Waals surface area (Å²) in [4.78, 5) is 7.89. The Hall–Kier alpha value is -1.87. The molecule has 162 valence electrons. The van der Waals surface area contributed by atoms with Crippen molar-refractivity contribution in [1.29, 1.82) is 0 Å². The summed E-state index contributed by atoms with van der Waals surface area (Å²) in [6, 6.07) is 6.28. The molecule has 2 heterocycles. The minimum Gasteiger partial charge on any atom is -0.367 e. The number of benzene rings is 1. The first-order valence-corrected chi connectivity index (χ1v) is 9.89. The van der Waals surface area contributed by atoms with Gasteiger partial charge in [-0.1, -0.05) is 12.1 Å². The van der Waals surface area contributed by atoms with Crippen molar-refractivity contribution in [3.63, 3.8) is 0 Å². The van der Waals surface area contributed by atoms with Crippen molar-refractivity contribution in [2.75, 3.05) is 46.3 Å². The first kappa shape index (κ1) is 21.8. The van der Waals surface area contributed by atoms with Crippen LogP contribution in [0.25, 0.3) is 0 Å². The number of nitrogens with zero attached hydrogens (tertiary/aromatic N) is 3. The van der Waals surface area contributed by atoms with Crippen LogP contribution in [0.2, 0.25) is 0 Å². The van der Waals surface area contributed by atoms with Crippen LogP contribution in [-0.2, 0) is 4.74 Å². The molecule has 2 aliphatic rings. The Bertz CT molecular complexity index is 695. The second-order valence-electron chi connectivity index (χ2n) is 7.82. The fourth-order valence-corrected chi connectivity index (χ4v) is 4.03. The van der Waals surface area contributed by atoms with Gasteiger partial charge in [0.2, 0.25) is 0 Å². The largest absolute Gasteiger partial charge is 0.401 e. The van der Waals surface area contributed by atoms with Gasteiger partial charge in [-0.25, -0.2) is 4.39 Å². The van der Waals surface area contributed by atoms with E-state index in [1.165, 1.54) is 17.0 Å². The monoisotopic (exact) mass is 416 g/mol. The fourth-order valence-electron chi connectivity index (χ4n) is 4.03. The zero-order valence-electron chi connectivity index (χ0n) is 16.8. The molecule has 3 rings (SSSR count). The highest BCUT2D eigenvalue weighted by Crippen LogP contribution is 2.26. The number of likely N-dealkylation sites (tertiary alicyclic amines) is 1. The number of hydrogen-bond acceptors (Lipinski definition) is 3. The van der Waals surface area contributed by atoms with E-state index in [1.807, 2.05) is 6.92 Å². The van der Waals surface area contributed by atoms with E-state index in [0.29, 0.717) is 38.7 Å². The Kier molecular flexibility index (Phi) is 7.00. The minimum atomic E-state index is -4.16. The van der Waals surface area contributed by atoms with Crippen molar-refractivity contribution >= 4 is 5.96 Å². The highest BCUT2D eigenvalue weighted by Gasteiger charge is 2.34. The van der Waals surface area contributed by atoms with E-state index in [4.69, 9.17) is 4.74 Å². The van der Waals surface area contributed by atoms with Crippen LogP contribution in [0.3, 0.4) is 0 Å². The van der Waals surface area contributed by atoms with Crippen LogP contribution in [0.15, 0.2) is 29.3 Å².